The zero-order chi connectivity index (χ0) is 10.2. The van der Waals surface area contributed by atoms with Crippen molar-refractivity contribution in [3.63, 3.8) is 0 Å². The van der Waals surface area contributed by atoms with Crippen molar-refractivity contribution >= 4 is 6.98 Å². The lowest BCUT2D eigenvalue weighted by Gasteiger charge is -2.13. The van der Waals surface area contributed by atoms with Gasteiger partial charge in [-0.15, -0.1) is 0 Å². The summed E-state index contributed by atoms with van der Waals surface area (Å²) in [6, 6.07) is 0. The lowest BCUT2D eigenvalue weighted by Crippen LogP contribution is -2.25. The molecule has 0 aliphatic heterocycles. The van der Waals surface area contributed by atoms with E-state index in [1.54, 1.807) is 0 Å². The zero-order valence-corrected chi connectivity index (χ0v) is 7.77. The minimum atomic E-state index is -4.81. The third-order valence-corrected chi connectivity index (χ3v) is 1.32. The molecule has 0 saturated heterocycles. The SMILES string of the molecule is CCCCOCCOC[B-](F)(F)F. The van der Waals surface area contributed by atoms with Crippen molar-refractivity contribution in [1.82, 2.24) is 0 Å². The van der Waals surface area contributed by atoms with Crippen molar-refractivity contribution < 1.29 is 22.4 Å². The Balaban J connectivity index is 3.00. The number of unbranched alkanes of at least 4 members (excludes halogenated alkanes) is 1. The van der Waals surface area contributed by atoms with E-state index >= 15 is 0 Å². The van der Waals surface area contributed by atoms with E-state index in [9.17, 15) is 12.9 Å². The highest BCUT2D eigenvalue weighted by Crippen LogP contribution is 2.07. The fourth-order valence-corrected chi connectivity index (χ4v) is 0.683. The first-order chi connectivity index (χ1) is 6.06. The molecule has 6 heteroatoms. The number of hydrogen-bond donors (Lipinski definition) is 0. The minimum absolute atomic E-state index is 0.0188. The molecule has 0 rings (SSSR count). The minimum Gasteiger partial charge on any atom is -0.447 e. The summed E-state index contributed by atoms with van der Waals surface area (Å²) in [6.07, 6.45) is 1.95. The summed E-state index contributed by atoms with van der Waals surface area (Å²) in [5.74, 6) is 0. The van der Waals surface area contributed by atoms with Crippen molar-refractivity contribution in [2.24, 2.45) is 0 Å². The third kappa shape index (κ3) is 11.8. The van der Waals surface area contributed by atoms with Crippen LogP contribution in [0.25, 0.3) is 0 Å². The van der Waals surface area contributed by atoms with Gasteiger partial charge in [0.2, 0.25) is 0 Å². The van der Waals surface area contributed by atoms with Crippen LogP contribution in [0.15, 0.2) is 0 Å². The van der Waals surface area contributed by atoms with Gasteiger partial charge in [0, 0.05) is 13.1 Å². The van der Waals surface area contributed by atoms with Gasteiger partial charge in [0.1, 0.15) is 0 Å². The maximum Gasteiger partial charge on any atom is 0.503 e. The van der Waals surface area contributed by atoms with Crippen LogP contribution in [-0.4, -0.2) is 33.3 Å². The van der Waals surface area contributed by atoms with E-state index in [2.05, 4.69) is 4.74 Å². The number of ether oxygens (including phenoxy) is 2. The highest BCUT2D eigenvalue weighted by molar-refractivity contribution is 6.58. The van der Waals surface area contributed by atoms with Gasteiger partial charge in [0.25, 0.3) is 0 Å². The van der Waals surface area contributed by atoms with Crippen molar-refractivity contribution in [2.75, 3.05) is 26.3 Å². The van der Waals surface area contributed by atoms with Gasteiger partial charge in [0.05, 0.1) is 13.2 Å². The van der Waals surface area contributed by atoms with Crippen LogP contribution in [0.4, 0.5) is 12.9 Å². The fourth-order valence-electron chi connectivity index (χ4n) is 0.683. The van der Waals surface area contributed by atoms with Crippen LogP contribution >= 0.6 is 0 Å². The molecule has 0 aromatic heterocycles. The van der Waals surface area contributed by atoms with Crippen LogP contribution in [0.3, 0.4) is 0 Å². The largest absolute Gasteiger partial charge is 0.503 e. The first kappa shape index (κ1) is 12.8. The maximum atomic E-state index is 11.6. The Bertz CT molecular complexity index is 119. The normalized spacial score (nSPS) is 12.0. The van der Waals surface area contributed by atoms with Crippen LogP contribution < -0.4 is 0 Å². The molecule has 13 heavy (non-hydrogen) atoms. The topological polar surface area (TPSA) is 18.5 Å². The van der Waals surface area contributed by atoms with Gasteiger partial charge in [-0.2, -0.15) is 0 Å². The van der Waals surface area contributed by atoms with E-state index in [1.165, 1.54) is 0 Å². The van der Waals surface area contributed by atoms with E-state index in [1.807, 2.05) is 6.92 Å². The van der Waals surface area contributed by atoms with E-state index in [0.29, 0.717) is 6.61 Å². The summed E-state index contributed by atoms with van der Waals surface area (Å²) >= 11 is 0. The summed E-state index contributed by atoms with van der Waals surface area (Å²) in [5.41, 5.74) is 0. The molecule has 0 saturated carbocycles. The first-order valence-corrected chi connectivity index (χ1v) is 4.42. The van der Waals surface area contributed by atoms with E-state index in [-0.39, 0.29) is 13.2 Å². The van der Waals surface area contributed by atoms with Crippen molar-refractivity contribution in [3.05, 3.63) is 0 Å². The average Bonchev–Trinajstić information content (AvgIpc) is 2.01. The van der Waals surface area contributed by atoms with Crippen molar-refractivity contribution in [3.8, 4) is 0 Å². The Morgan fingerprint density at radius 3 is 2.15 bits per heavy atom. The summed E-state index contributed by atoms with van der Waals surface area (Å²) in [5, 5.41) is 0. The molecule has 0 atom stereocenters. The Morgan fingerprint density at radius 1 is 1.00 bits per heavy atom. The van der Waals surface area contributed by atoms with Gasteiger partial charge < -0.3 is 22.4 Å². The molecular formula is C7H15BF3O2-. The van der Waals surface area contributed by atoms with E-state index in [0.717, 1.165) is 12.8 Å². The van der Waals surface area contributed by atoms with Crippen LogP contribution in [0.2, 0.25) is 0 Å². The molecule has 0 aliphatic carbocycles. The lowest BCUT2D eigenvalue weighted by atomic mass is 9.95. The Labute approximate surface area is 76.5 Å². The van der Waals surface area contributed by atoms with Gasteiger partial charge in [-0.05, 0) is 6.42 Å². The molecule has 0 unspecified atom stereocenters. The smallest absolute Gasteiger partial charge is 0.447 e. The summed E-state index contributed by atoms with van der Waals surface area (Å²) in [6.45, 7) is -3.06. The standard InChI is InChI=1S/C7H15BF3O2/c1-2-3-4-12-5-6-13-7-8(9,10)11/h2-7H2,1H3/q-1. The van der Waals surface area contributed by atoms with Gasteiger partial charge in [-0.25, -0.2) is 0 Å². The first-order valence-electron chi connectivity index (χ1n) is 4.42. The lowest BCUT2D eigenvalue weighted by molar-refractivity contribution is 0.0549. The summed E-state index contributed by atoms with van der Waals surface area (Å²) in [7, 11) is 0. The fraction of sp³-hybridized carbons (Fsp3) is 1.00. The summed E-state index contributed by atoms with van der Waals surface area (Å²) < 4.78 is 44.1. The molecule has 0 fully saturated rings. The molecule has 0 amide bonds. The van der Waals surface area contributed by atoms with Gasteiger partial charge in [-0.1, -0.05) is 13.3 Å². The molecule has 0 spiro atoms. The maximum absolute atomic E-state index is 11.6. The molecule has 0 bridgehead atoms. The zero-order valence-electron chi connectivity index (χ0n) is 7.77. The molecule has 0 heterocycles. The predicted molar refractivity (Wildman–Crippen MR) is 45.6 cm³/mol. The predicted octanol–water partition coefficient (Wildman–Crippen LogP) is 2.21. The second-order valence-corrected chi connectivity index (χ2v) is 2.75. The highest BCUT2D eigenvalue weighted by Gasteiger charge is 2.22. The number of halogens is 3. The molecule has 80 valence electrons. The molecule has 0 aliphatic rings. The molecule has 0 aromatic rings. The van der Waals surface area contributed by atoms with Gasteiger partial charge in [-0.3, -0.25) is 0 Å². The second-order valence-electron chi connectivity index (χ2n) is 2.75. The Hall–Kier alpha value is -0.225. The molecule has 0 radical (unpaired) electrons. The van der Waals surface area contributed by atoms with E-state index < -0.39 is 13.5 Å². The Morgan fingerprint density at radius 2 is 1.62 bits per heavy atom. The third-order valence-electron chi connectivity index (χ3n) is 1.32. The summed E-state index contributed by atoms with van der Waals surface area (Å²) in [4.78, 5) is 0. The van der Waals surface area contributed by atoms with Crippen LogP contribution in [0.5, 0.6) is 0 Å². The molecule has 0 N–H and O–H groups in total. The monoisotopic (exact) mass is 199 g/mol. The van der Waals surface area contributed by atoms with E-state index in [4.69, 9.17) is 4.74 Å². The number of rotatable bonds is 8. The van der Waals surface area contributed by atoms with Crippen molar-refractivity contribution in [2.45, 2.75) is 19.8 Å². The van der Waals surface area contributed by atoms with Crippen LogP contribution in [0, 0.1) is 0 Å². The second kappa shape index (κ2) is 7.20. The molecule has 0 aromatic carbocycles. The van der Waals surface area contributed by atoms with Crippen LogP contribution in [0.1, 0.15) is 19.8 Å². The van der Waals surface area contributed by atoms with Crippen LogP contribution in [-0.2, 0) is 9.47 Å². The van der Waals surface area contributed by atoms with Gasteiger partial charge in [0.15, 0.2) is 0 Å². The van der Waals surface area contributed by atoms with Gasteiger partial charge >= 0.3 is 6.98 Å². The molecular weight excluding hydrogens is 184 g/mol. The quantitative estimate of drug-likeness (QED) is 0.440. The van der Waals surface area contributed by atoms with Crippen molar-refractivity contribution in [1.29, 1.82) is 0 Å². The highest BCUT2D eigenvalue weighted by atomic mass is 19.4. The number of hydrogen-bond acceptors (Lipinski definition) is 2. The molecule has 2 nitrogen and oxygen atoms in total. The Kier molecular flexibility index (Phi) is 7.08. The average molecular weight is 199 g/mol.